The first-order chi connectivity index (χ1) is 9.31. The lowest BCUT2D eigenvalue weighted by Gasteiger charge is -2.17. The molecule has 0 saturated heterocycles. The summed E-state index contributed by atoms with van der Waals surface area (Å²) in [6.45, 7) is 0.780. The Kier molecular flexibility index (Phi) is 5.22. The minimum atomic E-state index is -3.92. The predicted molar refractivity (Wildman–Crippen MR) is 66.3 cm³/mol. The third-order valence-corrected chi connectivity index (χ3v) is 4.30. The van der Waals surface area contributed by atoms with Crippen LogP contribution in [-0.2, 0) is 30.9 Å². The molecule has 0 unspecified atom stereocenters. The van der Waals surface area contributed by atoms with E-state index in [0.717, 1.165) is 28.5 Å². The van der Waals surface area contributed by atoms with Crippen LogP contribution in [-0.4, -0.2) is 59.7 Å². The lowest BCUT2D eigenvalue weighted by Crippen LogP contribution is -2.35. The maximum Gasteiger partial charge on any atom is 0.325 e. The Morgan fingerprint density at radius 3 is 2.65 bits per heavy atom. The number of esters is 1. The van der Waals surface area contributed by atoms with E-state index in [1.165, 1.54) is 0 Å². The molecule has 0 bridgehead atoms. The van der Waals surface area contributed by atoms with Gasteiger partial charge in [0.05, 0.1) is 13.3 Å². The van der Waals surface area contributed by atoms with Gasteiger partial charge in [0.25, 0.3) is 0 Å². The lowest BCUT2D eigenvalue weighted by molar-refractivity contribution is -0.141. The van der Waals surface area contributed by atoms with Crippen molar-refractivity contribution in [1.29, 1.82) is 0 Å². The van der Waals surface area contributed by atoms with E-state index in [2.05, 4.69) is 9.84 Å². The van der Waals surface area contributed by atoms with E-state index >= 15 is 0 Å². The van der Waals surface area contributed by atoms with Gasteiger partial charge < -0.3 is 9.84 Å². The smallest absolute Gasteiger partial charge is 0.325 e. The van der Waals surface area contributed by atoms with Crippen LogP contribution in [0, 0.1) is 0 Å². The molecule has 10 heteroatoms. The van der Waals surface area contributed by atoms with Crippen LogP contribution < -0.4 is 0 Å². The van der Waals surface area contributed by atoms with E-state index in [1.807, 2.05) is 0 Å². The SMILES string of the molecule is CCN(CC(=O)OC)S(=O)(=O)c1cnn(CC(=O)O)c1. The first-order valence-electron chi connectivity index (χ1n) is 5.62. The second-order valence-electron chi connectivity index (χ2n) is 3.77. The Morgan fingerprint density at radius 2 is 2.15 bits per heavy atom. The van der Waals surface area contributed by atoms with E-state index in [9.17, 15) is 18.0 Å². The predicted octanol–water partition coefficient (Wildman–Crippen LogP) is -0.849. The molecule has 1 rings (SSSR count). The molecule has 0 spiro atoms. The second kappa shape index (κ2) is 6.48. The fourth-order valence-electron chi connectivity index (χ4n) is 1.43. The van der Waals surface area contributed by atoms with Gasteiger partial charge >= 0.3 is 11.9 Å². The number of ether oxygens (including phenoxy) is 1. The maximum atomic E-state index is 12.2. The van der Waals surface area contributed by atoms with Gasteiger partial charge in [-0.05, 0) is 0 Å². The van der Waals surface area contributed by atoms with Crippen LogP contribution in [0.2, 0.25) is 0 Å². The number of carboxylic acid groups (broad SMARTS) is 1. The summed E-state index contributed by atoms with van der Waals surface area (Å²) in [4.78, 5) is 21.5. The molecule has 0 aromatic carbocycles. The van der Waals surface area contributed by atoms with E-state index in [4.69, 9.17) is 5.11 Å². The summed E-state index contributed by atoms with van der Waals surface area (Å²) in [6.07, 6.45) is 2.14. The number of carbonyl (C=O) groups excluding carboxylic acids is 1. The zero-order chi connectivity index (χ0) is 15.3. The molecule has 0 aliphatic rings. The van der Waals surface area contributed by atoms with E-state index in [-0.39, 0.29) is 11.4 Å². The third kappa shape index (κ3) is 3.78. The number of likely N-dealkylation sites (N-methyl/N-ethyl adjacent to an activating group) is 1. The normalized spacial score (nSPS) is 11.6. The van der Waals surface area contributed by atoms with Crippen molar-refractivity contribution in [2.75, 3.05) is 20.2 Å². The van der Waals surface area contributed by atoms with Crippen LogP contribution in [0.15, 0.2) is 17.3 Å². The molecule has 0 fully saturated rings. The van der Waals surface area contributed by atoms with Crippen molar-refractivity contribution in [2.24, 2.45) is 0 Å². The summed E-state index contributed by atoms with van der Waals surface area (Å²) in [5.41, 5.74) is 0. The summed E-state index contributed by atoms with van der Waals surface area (Å²) in [7, 11) is -2.75. The molecular weight excluding hydrogens is 290 g/mol. The molecule has 1 N–H and O–H groups in total. The van der Waals surface area contributed by atoms with Crippen LogP contribution in [0.25, 0.3) is 0 Å². The number of hydrogen-bond acceptors (Lipinski definition) is 6. The monoisotopic (exact) mass is 305 g/mol. The number of carboxylic acids is 1. The van der Waals surface area contributed by atoms with E-state index in [1.54, 1.807) is 6.92 Å². The second-order valence-corrected chi connectivity index (χ2v) is 5.71. The van der Waals surface area contributed by atoms with Crippen molar-refractivity contribution in [2.45, 2.75) is 18.4 Å². The zero-order valence-electron chi connectivity index (χ0n) is 11.0. The van der Waals surface area contributed by atoms with Gasteiger partial charge in [0.2, 0.25) is 10.0 Å². The first-order valence-corrected chi connectivity index (χ1v) is 7.06. The summed E-state index contributed by atoms with van der Waals surface area (Å²) in [5, 5.41) is 12.3. The van der Waals surface area contributed by atoms with Crippen molar-refractivity contribution in [3.8, 4) is 0 Å². The lowest BCUT2D eigenvalue weighted by atomic mass is 10.6. The minimum absolute atomic E-state index is 0.0710. The molecule has 0 saturated carbocycles. The highest BCUT2D eigenvalue weighted by Crippen LogP contribution is 2.14. The number of nitrogens with zero attached hydrogens (tertiary/aromatic N) is 3. The Morgan fingerprint density at radius 1 is 1.50 bits per heavy atom. The van der Waals surface area contributed by atoms with Crippen molar-refractivity contribution >= 4 is 22.0 Å². The molecule has 0 atom stereocenters. The summed E-state index contributed by atoms with van der Waals surface area (Å²) >= 11 is 0. The molecule has 112 valence electrons. The first kappa shape index (κ1) is 16.1. The molecule has 1 heterocycles. The van der Waals surface area contributed by atoms with E-state index in [0.29, 0.717) is 0 Å². The van der Waals surface area contributed by atoms with Crippen LogP contribution in [0.4, 0.5) is 0 Å². The van der Waals surface area contributed by atoms with Gasteiger partial charge in [0.15, 0.2) is 0 Å². The number of methoxy groups -OCH3 is 1. The zero-order valence-corrected chi connectivity index (χ0v) is 11.8. The van der Waals surface area contributed by atoms with Crippen LogP contribution >= 0.6 is 0 Å². The van der Waals surface area contributed by atoms with Crippen LogP contribution in [0.1, 0.15) is 6.92 Å². The molecule has 1 aromatic heterocycles. The fraction of sp³-hybridized carbons (Fsp3) is 0.500. The topological polar surface area (TPSA) is 119 Å². The number of carbonyl (C=O) groups is 2. The summed E-state index contributed by atoms with van der Waals surface area (Å²) in [5.74, 6) is -1.83. The molecule has 0 aliphatic carbocycles. The highest BCUT2D eigenvalue weighted by Gasteiger charge is 2.27. The molecule has 20 heavy (non-hydrogen) atoms. The molecule has 1 aromatic rings. The molecule has 0 amide bonds. The average Bonchev–Trinajstić information content (AvgIpc) is 2.83. The fourth-order valence-corrected chi connectivity index (χ4v) is 2.78. The van der Waals surface area contributed by atoms with Crippen molar-refractivity contribution < 1.29 is 27.9 Å². The number of aliphatic carboxylic acids is 1. The van der Waals surface area contributed by atoms with Gasteiger partial charge in [-0.3, -0.25) is 14.3 Å². The Balaban J connectivity index is 2.98. The average molecular weight is 305 g/mol. The standard InChI is InChI=1S/C10H15N3O6S/c1-3-13(7-10(16)19-2)20(17,18)8-4-11-12(5-8)6-9(14)15/h4-5H,3,6-7H2,1-2H3,(H,14,15). The number of rotatable bonds is 7. The van der Waals surface area contributed by atoms with Gasteiger partial charge in [-0.15, -0.1) is 0 Å². The van der Waals surface area contributed by atoms with E-state index < -0.39 is 35.1 Å². The quantitative estimate of drug-likeness (QED) is 0.652. The number of sulfonamides is 1. The summed E-state index contributed by atoms with van der Waals surface area (Å²) in [6, 6.07) is 0. The van der Waals surface area contributed by atoms with Crippen LogP contribution in [0.5, 0.6) is 0 Å². The molecule has 9 nitrogen and oxygen atoms in total. The Labute approximate surface area is 115 Å². The highest BCUT2D eigenvalue weighted by molar-refractivity contribution is 7.89. The Hall–Kier alpha value is -1.94. The van der Waals surface area contributed by atoms with Crippen molar-refractivity contribution in [3.05, 3.63) is 12.4 Å². The largest absolute Gasteiger partial charge is 0.480 e. The highest BCUT2D eigenvalue weighted by atomic mass is 32.2. The van der Waals surface area contributed by atoms with Gasteiger partial charge in [-0.2, -0.15) is 9.40 Å². The Bertz CT molecular complexity index is 594. The van der Waals surface area contributed by atoms with Gasteiger partial charge in [-0.25, -0.2) is 8.42 Å². The molecular formula is C10H15N3O6S. The maximum absolute atomic E-state index is 12.2. The van der Waals surface area contributed by atoms with Crippen LogP contribution in [0.3, 0.4) is 0 Å². The molecule has 0 aliphatic heterocycles. The van der Waals surface area contributed by atoms with Crippen molar-refractivity contribution in [3.63, 3.8) is 0 Å². The minimum Gasteiger partial charge on any atom is -0.480 e. The summed E-state index contributed by atoms with van der Waals surface area (Å²) < 4.78 is 30.8. The van der Waals surface area contributed by atoms with Crippen molar-refractivity contribution in [1.82, 2.24) is 14.1 Å². The third-order valence-electron chi connectivity index (χ3n) is 2.43. The van der Waals surface area contributed by atoms with Gasteiger partial charge in [0, 0.05) is 12.7 Å². The number of aromatic nitrogens is 2. The number of hydrogen-bond donors (Lipinski definition) is 1. The van der Waals surface area contributed by atoms with Gasteiger partial charge in [-0.1, -0.05) is 6.92 Å². The van der Waals surface area contributed by atoms with Gasteiger partial charge in [0.1, 0.15) is 18.0 Å². The molecule has 0 radical (unpaired) electrons.